The highest BCUT2D eigenvalue weighted by atomic mass is 79.9. The van der Waals surface area contributed by atoms with Crippen LogP contribution >= 0.6 is 39.9 Å². The van der Waals surface area contributed by atoms with Crippen molar-refractivity contribution in [2.75, 3.05) is 13.2 Å². The minimum absolute atomic E-state index is 0.132. The summed E-state index contributed by atoms with van der Waals surface area (Å²) < 4.78 is 13.4. The molecule has 0 unspecified atom stereocenters. The third-order valence-corrected chi connectivity index (χ3v) is 8.07. The molecular weight excluding hydrogens is 574 g/mol. The van der Waals surface area contributed by atoms with Gasteiger partial charge in [-0.1, -0.05) is 42.5 Å². The third kappa shape index (κ3) is 7.82. The van der Waals surface area contributed by atoms with E-state index in [0.29, 0.717) is 53.3 Å². The number of rotatable bonds is 12. The Bertz CT molecular complexity index is 1230. The highest BCUT2D eigenvalue weighted by Crippen LogP contribution is 2.40. The lowest BCUT2D eigenvalue weighted by Gasteiger charge is -2.16. The van der Waals surface area contributed by atoms with E-state index in [1.165, 1.54) is 28.5 Å². The van der Waals surface area contributed by atoms with Crippen molar-refractivity contribution in [1.29, 1.82) is 0 Å². The summed E-state index contributed by atoms with van der Waals surface area (Å²) in [6.45, 7) is 9.57. The number of aryl methyl sites for hydroxylation is 3. The van der Waals surface area contributed by atoms with Crippen LogP contribution in [0.1, 0.15) is 60.4 Å². The maximum Gasteiger partial charge on any atom is 0.303 e. The molecule has 1 amide bonds. The molecule has 0 radical (unpaired) electrons. The van der Waals surface area contributed by atoms with Gasteiger partial charge >= 0.3 is 5.97 Å². The van der Waals surface area contributed by atoms with E-state index < -0.39 is 5.97 Å². The zero-order chi connectivity index (χ0) is 27.1. The average molecular weight is 607 g/mol. The first-order valence-corrected chi connectivity index (χ1v) is 14.3. The number of carboxylic acid groups (broad SMARTS) is 1. The molecule has 1 N–H and O–H groups in total. The van der Waals surface area contributed by atoms with E-state index >= 15 is 0 Å². The van der Waals surface area contributed by atoms with Crippen molar-refractivity contribution in [3.63, 3.8) is 0 Å². The number of carboxylic acids is 1. The fourth-order valence-electron chi connectivity index (χ4n) is 3.97. The molecule has 1 aliphatic rings. The Hall–Kier alpha value is -2.36. The number of carbonyl (C=O) groups excluding carboxylic acids is 1. The van der Waals surface area contributed by atoms with Gasteiger partial charge in [0.2, 0.25) is 0 Å². The van der Waals surface area contributed by atoms with E-state index in [4.69, 9.17) is 26.8 Å². The molecule has 1 fully saturated rings. The monoisotopic (exact) mass is 605 g/mol. The maximum absolute atomic E-state index is 13.0. The number of unbranched alkanes of at least 4 members (excludes halogenated alkanes) is 2. The van der Waals surface area contributed by atoms with Gasteiger partial charge in [-0.2, -0.15) is 0 Å². The summed E-state index contributed by atoms with van der Waals surface area (Å²) in [5.74, 6) is 0.278. The second-order valence-corrected chi connectivity index (χ2v) is 11.5. The minimum atomic E-state index is -0.803. The molecule has 1 heterocycles. The van der Waals surface area contributed by atoms with Crippen molar-refractivity contribution >= 4 is 62.2 Å². The van der Waals surface area contributed by atoms with Gasteiger partial charge in [-0.3, -0.25) is 14.5 Å². The second-order valence-electron chi connectivity index (χ2n) is 8.95. The Labute approximate surface area is 236 Å². The van der Waals surface area contributed by atoms with Crippen molar-refractivity contribution in [1.82, 2.24) is 4.90 Å². The zero-order valence-electron chi connectivity index (χ0n) is 21.6. The van der Waals surface area contributed by atoms with Gasteiger partial charge in [0.05, 0.1) is 16.0 Å². The standard InChI is InChI=1S/C28H32BrNO5S2/c1-5-34-23-14-20(13-22(29)26(23)35-16-21-12-18(3)17(2)11-19(21)4)15-24-27(33)30(28(36)37-24)10-8-6-7-9-25(31)32/h11-15H,5-10,16H2,1-4H3,(H,31,32)/b24-15+. The number of halogens is 1. The number of benzene rings is 2. The highest BCUT2D eigenvalue weighted by Gasteiger charge is 2.31. The van der Waals surface area contributed by atoms with Gasteiger partial charge in [-0.05, 0) is 102 Å². The zero-order valence-corrected chi connectivity index (χ0v) is 24.8. The van der Waals surface area contributed by atoms with Gasteiger partial charge in [0.1, 0.15) is 10.9 Å². The summed E-state index contributed by atoms with van der Waals surface area (Å²) in [6.07, 6.45) is 3.98. The van der Waals surface area contributed by atoms with E-state index in [1.807, 2.05) is 25.1 Å². The summed E-state index contributed by atoms with van der Waals surface area (Å²) in [5.41, 5.74) is 5.57. The predicted molar refractivity (Wildman–Crippen MR) is 156 cm³/mol. The molecule has 1 aliphatic heterocycles. The van der Waals surface area contributed by atoms with Crippen molar-refractivity contribution in [2.45, 2.75) is 60.0 Å². The van der Waals surface area contributed by atoms with Gasteiger partial charge in [-0.15, -0.1) is 0 Å². The van der Waals surface area contributed by atoms with Crippen molar-refractivity contribution in [3.05, 3.63) is 61.5 Å². The van der Waals surface area contributed by atoms with Gasteiger partial charge in [0.25, 0.3) is 5.91 Å². The van der Waals surface area contributed by atoms with Crippen LogP contribution in [0.3, 0.4) is 0 Å². The number of ether oxygens (including phenoxy) is 2. The van der Waals surface area contributed by atoms with Crippen molar-refractivity contribution in [3.8, 4) is 11.5 Å². The molecule has 0 atom stereocenters. The van der Waals surface area contributed by atoms with E-state index in [1.54, 1.807) is 4.90 Å². The molecular formula is C28H32BrNO5S2. The van der Waals surface area contributed by atoms with Crippen molar-refractivity contribution in [2.24, 2.45) is 0 Å². The van der Waals surface area contributed by atoms with Gasteiger partial charge in [-0.25, -0.2) is 0 Å². The molecule has 1 saturated heterocycles. The number of nitrogens with zero attached hydrogens (tertiary/aromatic N) is 1. The smallest absolute Gasteiger partial charge is 0.303 e. The van der Waals surface area contributed by atoms with Crippen LogP contribution in [0.15, 0.2) is 33.6 Å². The molecule has 198 valence electrons. The molecule has 9 heteroatoms. The van der Waals surface area contributed by atoms with Crippen LogP contribution in [-0.2, 0) is 16.2 Å². The lowest BCUT2D eigenvalue weighted by atomic mass is 10.0. The molecule has 2 aromatic carbocycles. The summed E-state index contributed by atoms with van der Waals surface area (Å²) in [5, 5.41) is 8.77. The molecule has 0 bridgehead atoms. The molecule has 0 aromatic heterocycles. The van der Waals surface area contributed by atoms with Crippen LogP contribution in [0.5, 0.6) is 11.5 Å². The normalized spacial score (nSPS) is 14.5. The number of hydrogen-bond donors (Lipinski definition) is 1. The van der Waals surface area contributed by atoms with Crippen LogP contribution < -0.4 is 9.47 Å². The fourth-order valence-corrected chi connectivity index (χ4v) is 5.85. The first kappa shape index (κ1) is 29.2. The topological polar surface area (TPSA) is 76.1 Å². The molecule has 6 nitrogen and oxygen atoms in total. The number of thioether (sulfide) groups is 1. The first-order chi connectivity index (χ1) is 17.6. The molecule has 0 spiro atoms. The summed E-state index contributed by atoms with van der Waals surface area (Å²) >= 11 is 10.3. The summed E-state index contributed by atoms with van der Waals surface area (Å²) in [6, 6.07) is 8.10. The first-order valence-electron chi connectivity index (χ1n) is 12.2. The maximum atomic E-state index is 13.0. The Morgan fingerprint density at radius 1 is 1.08 bits per heavy atom. The van der Waals surface area contributed by atoms with Gasteiger partial charge < -0.3 is 14.6 Å². The average Bonchev–Trinajstić information content (AvgIpc) is 3.08. The van der Waals surface area contributed by atoms with Crippen LogP contribution in [0.4, 0.5) is 0 Å². The Balaban J connectivity index is 1.74. The SMILES string of the molecule is CCOc1cc(/C=C2/SC(=S)N(CCCCCC(=O)O)C2=O)cc(Br)c1OCc1cc(C)c(C)cc1C. The Morgan fingerprint density at radius 3 is 2.51 bits per heavy atom. The van der Waals surface area contributed by atoms with Crippen LogP contribution in [-0.4, -0.2) is 39.4 Å². The van der Waals surface area contributed by atoms with E-state index in [-0.39, 0.29) is 12.3 Å². The largest absolute Gasteiger partial charge is 0.490 e. The Kier molecular flexibility index (Phi) is 10.6. The number of carbonyl (C=O) groups is 2. The molecule has 0 saturated carbocycles. The van der Waals surface area contributed by atoms with E-state index in [9.17, 15) is 9.59 Å². The van der Waals surface area contributed by atoms with E-state index in [0.717, 1.165) is 22.0 Å². The molecule has 2 aromatic rings. The number of thiocarbonyl (C=S) groups is 1. The molecule has 3 rings (SSSR count). The molecule has 37 heavy (non-hydrogen) atoms. The van der Waals surface area contributed by atoms with Crippen LogP contribution in [0.25, 0.3) is 6.08 Å². The summed E-state index contributed by atoms with van der Waals surface area (Å²) in [7, 11) is 0. The van der Waals surface area contributed by atoms with E-state index in [2.05, 4.69) is 48.8 Å². The lowest BCUT2D eigenvalue weighted by Crippen LogP contribution is -2.29. The highest BCUT2D eigenvalue weighted by molar-refractivity contribution is 9.10. The number of aliphatic carboxylic acids is 1. The predicted octanol–water partition coefficient (Wildman–Crippen LogP) is 7.20. The minimum Gasteiger partial charge on any atom is -0.490 e. The number of amides is 1. The fraction of sp³-hybridized carbons (Fsp3) is 0.393. The van der Waals surface area contributed by atoms with Gasteiger partial charge in [0.15, 0.2) is 11.5 Å². The lowest BCUT2D eigenvalue weighted by molar-refractivity contribution is -0.137. The van der Waals surface area contributed by atoms with Crippen molar-refractivity contribution < 1.29 is 24.2 Å². The van der Waals surface area contributed by atoms with Crippen LogP contribution in [0.2, 0.25) is 0 Å². The quantitative estimate of drug-likeness (QED) is 0.156. The summed E-state index contributed by atoms with van der Waals surface area (Å²) in [4.78, 5) is 25.8. The molecule has 0 aliphatic carbocycles. The second kappa shape index (κ2) is 13.4. The van der Waals surface area contributed by atoms with Crippen LogP contribution in [0, 0.1) is 20.8 Å². The number of hydrogen-bond acceptors (Lipinski definition) is 6. The Morgan fingerprint density at radius 2 is 1.81 bits per heavy atom. The third-order valence-electron chi connectivity index (χ3n) is 6.10. The van der Waals surface area contributed by atoms with Gasteiger partial charge in [0, 0.05) is 13.0 Å².